The van der Waals surface area contributed by atoms with E-state index >= 15 is 0 Å². The summed E-state index contributed by atoms with van der Waals surface area (Å²) >= 11 is 0. The first-order valence-electron chi connectivity index (χ1n) is 5.02. The number of anilines is 2. The van der Waals surface area contributed by atoms with Crippen LogP contribution in [-0.4, -0.2) is 34.5 Å². The molecule has 1 aromatic rings. The van der Waals surface area contributed by atoms with Crippen LogP contribution in [-0.2, 0) is 9.57 Å². The molecule has 0 aromatic heterocycles. The van der Waals surface area contributed by atoms with Crippen molar-refractivity contribution >= 4 is 11.4 Å². The Kier molecular flexibility index (Phi) is 5.45. The van der Waals surface area contributed by atoms with Crippen molar-refractivity contribution in [1.29, 1.82) is 0 Å². The van der Waals surface area contributed by atoms with Crippen LogP contribution in [0.25, 0.3) is 0 Å². The van der Waals surface area contributed by atoms with E-state index in [0.717, 1.165) is 17.1 Å². The summed E-state index contributed by atoms with van der Waals surface area (Å²) in [6.45, 7) is 1.33. The summed E-state index contributed by atoms with van der Waals surface area (Å²) < 4.78 is 10.2. The second kappa shape index (κ2) is 6.92. The fourth-order valence-electron chi connectivity index (χ4n) is 1.36. The van der Waals surface area contributed by atoms with Gasteiger partial charge in [-0.1, -0.05) is 6.07 Å². The van der Waals surface area contributed by atoms with Crippen molar-refractivity contribution in [2.45, 2.75) is 0 Å². The molecule has 0 spiro atoms. The van der Waals surface area contributed by atoms with Crippen LogP contribution in [0, 0.1) is 0 Å². The predicted molar refractivity (Wildman–Crippen MR) is 64.0 cm³/mol. The molecule has 0 heterocycles. The maximum absolute atomic E-state index is 5.26. The Morgan fingerprint density at radius 3 is 2.62 bits per heavy atom. The second-order valence-electron chi connectivity index (χ2n) is 3.11. The Balaban J connectivity index is 2.81. The largest absolute Gasteiger partial charge is 0.495 e. The molecule has 0 fully saturated rings. The van der Waals surface area contributed by atoms with Crippen LogP contribution in [0.4, 0.5) is 11.4 Å². The third-order valence-corrected chi connectivity index (χ3v) is 2.07. The lowest BCUT2D eigenvalue weighted by Gasteiger charge is -2.15. The highest BCUT2D eigenvalue weighted by Crippen LogP contribution is 2.32. The van der Waals surface area contributed by atoms with E-state index in [1.807, 2.05) is 18.2 Å². The van der Waals surface area contributed by atoms with Crippen molar-refractivity contribution in [3.63, 3.8) is 0 Å². The van der Waals surface area contributed by atoms with Gasteiger partial charge in [0.2, 0.25) is 0 Å². The fraction of sp³-hybridized carbons (Fsp3) is 0.455. The van der Waals surface area contributed by atoms with Gasteiger partial charge in [0.25, 0.3) is 0 Å². The van der Waals surface area contributed by atoms with E-state index in [0.29, 0.717) is 13.2 Å². The standard InChI is InChI=1S/C11H18N2O3/c1-14-8-7-12-11-9(13-16-3)5-4-6-10(11)15-2/h4-6,12-13H,7-8H2,1-3H3. The number of rotatable bonds is 7. The lowest BCUT2D eigenvalue weighted by Crippen LogP contribution is -2.11. The molecule has 0 aliphatic rings. The van der Waals surface area contributed by atoms with Gasteiger partial charge in [-0.25, -0.2) is 0 Å². The van der Waals surface area contributed by atoms with Gasteiger partial charge in [0, 0.05) is 13.7 Å². The summed E-state index contributed by atoms with van der Waals surface area (Å²) in [5.41, 5.74) is 4.49. The molecule has 0 saturated heterocycles. The van der Waals surface area contributed by atoms with Gasteiger partial charge < -0.3 is 14.8 Å². The van der Waals surface area contributed by atoms with E-state index in [1.165, 1.54) is 0 Å². The van der Waals surface area contributed by atoms with Gasteiger partial charge in [-0.15, -0.1) is 0 Å². The van der Waals surface area contributed by atoms with Gasteiger partial charge >= 0.3 is 0 Å². The number of nitrogens with one attached hydrogen (secondary N) is 2. The van der Waals surface area contributed by atoms with Crippen LogP contribution in [0.15, 0.2) is 18.2 Å². The Bertz CT molecular complexity index is 318. The molecule has 0 bridgehead atoms. The van der Waals surface area contributed by atoms with Crippen LogP contribution >= 0.6 is 0 Å². The normalized spacial score (nSPS) is 9.94. The van der Waals surface area contributed by atoms with Crippen molar-refractivity contribution in [2.75, 3.05) is 45.3 Å². The summed E-state index contributed by atoms with van der Waals surface area (Å²) in [6.07, 6.45) is 0. The van der Waals surface area contributed by atoms with Gasteiger partial charge in [0.05, 0.1) is 26.5 Å². The van der Waals surface area contributed by atoms with Crippen LogP contribution in [0.3, 0.4) is 0 Å². The molecule has 0 aliphatic heterocycles. The minimum atomic E-state index is 0.629. The summed E-state index contributed by atoms with van der Waals surface area (Å²) in [7, 11) is 4.87. The Labute approximate surface area is 95.7 Å². The molecule has 0 aliphatic carbocycles. The molecule has 1 rings (SSSR count). The van der Waals surface area contributed by atoms with Crippen LogP contribution in [0.1, 0.15) is 0 Å². The molecule has 0 atom stereocenters. The van der Waals surface area contributed by atoms with E-state index in [1.54, 1.807) is 21.3 Å². The molecule has 0 radical (unpaired) electrons. The average Bonchev–Trinajstić information content (AvgIpc) is 2.31. The maximum atomic E-state index is 5.26. The number of hydrogen-bond donors (Lipinski definition) is 2. The van der Waals surface area contributed by atoms with E-state index in [-0.39, 0.29) is 0 Å². The third-order valence-electron chi connectivity index (χ3n) is 2.07. The van der Waals surface area contributed by atoms with Gasteiger partial charge in [-0.3, -0.25) is 10.3 Å². The molecule has 2 N–H and O–H groups in total. The third kappa shape index (κ3) is 3.29. The predicted octanol–water partition coefficient (Wildman–Crippen LogP) is 1.73. The molecule has 16 heavy (non-hydrogen) atoms. The Morgan fingerprint density at radius 2 is 2.00 bits per heavy atom. The average molecular weight is 226 g/mol. The monoisotopic (exact) mass is 226 g/mol. The lowest BCUT2D eigenvalue weighted by atomic mass is 10.2. The van der Waals surface area contributed by atoms with Crippen molar-refractivity contribution in [3.05, 3.63) is 18.2 Å². The van der Waals surface area contributed by atoms with Crippen molar-refractivity contribution in [3.8, 4) is 5.75 Å². The molecular weight excluding hydrogens is 208 g/mol. The molecule has 5 heteroatoms. The first-order chi connectivity index (χ1) is 7.83. The fourth-order valence-corrected chi connectivity index (χ4v) is 1.36. The van der Waals surface area contributed by atoms with Crippen LogP contribution < -0.4 is 15.5 Å². The van der Waals surface area contributed by atoms with E-state index in [2.05, 4.69) is 10.8 Å². The zero-order valence-corrected chi connectivity index (χ0v) is 9.87. The van der Waals surface area contributed by atoms with Crippen LogP contribution in [0.2, 0.25) is 0 Å². The van der Waals surface area contributed by atoms with Crippen molar-refractivity contribution < 1.29 is 14.3 Å². The van der Waals surface area contributed by atoms with E-state index in [4.69, 9.17) is 14.3 Å². The second-order valence-corrected chi connectivity index (χ2v) is 3.11. The summed E-state index contributed by atoms with van der Waals surface area (Å²) in [5.74, 6) is 0.762. The summed E-state index contributed by atoms with van der Waals surface area (Å²) in [6, 6.07) is 5.68. The summed E-state index contributed by atoms with van der Waals surface area (Å²) in [4.78, 5) is 4.90. The van der Waals surface area contributed by atoms with Gasteiger partial charge in [0.1, 0.15) is 11.4 Å². The van der Waals surface area contributed by atoms with E-state index < -0.39 is 0 Å². The van der Waals surface area contributed by atoms with Gasteiger partial charge in [0.15, 0.2) is 0 Å². The quantitative estimate of drug-likeness (QED) is 0.547. The first kappa shape index (κ1) is 12.6. The zero-order chi connectivity index (χ0) is 11.8. The molecule has 90 valence electrons. The molecule has 0 amide bonds. The smallest absolute Gasteiger partial charge is 0.144 e. The lowest BCUT2D eigenvalue weighted by molar-refractivity contribution is 0.210. The van der Waals surface area contributed by atoms with E-state index in [9.17, 15) is 0 Å². The molecule has 0 saturated carbocycles. The molecule has 5 nitrogen and oxygen atoms in total. The highest BCUT2D eigenvalue weighted by molar-refractivity contribution is 5.74. The van der Waals surface area contributed by atoms with Crippen molar-refractivity contribution in [1.82, 2.24) is 0 Å². The number of benzene rings is 1. The molecule has 0 unspecified atom stereocenters. The SMILES string of the molecule is COCCNc1c(NOC)cccc1OC. The number of methoxy groups -OCH3 is 2. The summed E-state index contributed by atoms with van der Waals surface area (Å²) in [5, 5.41) is 3.23. The molecule has 1 aromatic carbocycles. The number of para-hydroxylation sites is 1. The Morgan fingerprint density at radius 1 is 1.19 bits per heavy atom. The highest BCUT2D eigenvalue weighted by atomic mass is 16.6. The highest BCUT2D eigenvalue weighted by Gasteiger charge is 2.07. The van der Waals surface area contributed by atoms with Crippen molar-refractivity contribution in [2.24, 2.45) is 0 Å². The molecular formula is C11H18N2O3. The maximum Gasteiger partial charge on any atom is 0.144 e. The Hall–Kier alpha value is -1.46. The number of ether oxygens (including phenoxy) is 2. The first-order valence-corrected chi connectivity index (χ1v) is 5.02. The van der Waals surface area contributed by atoms with Crippen LogP contribution in [0.5, 0.6) is 5.75 Å². The van der Waals surface area contributed by atoms with Gasteiger partial charge in [-0.05, 0) is 12.1 Å². The van der Waals surface area contributed by atoms with Gasteiger partial charge in [-0.2, -0.15) is 0 Å². The zero-order valence-electron chi connectivity index (χ0n) is 9.87. The minimum Gasteiger partial charge on any atom is -0.495 e. The number of hydrogen-bond acceptors (Lipinski definition) is 5. The topological polar surface area (TPSA) is 51.8 Å². The minimum absolute atomic E-state index is 0.629.